The number of methoxy groups -OCH3 is 1. The fraction of sp³-hybridized carbons (Fsp3) is 0.125. The zero-order valence-corrected chi connectivity index (χ0v) is 8.96. The molecule has 0 fully saturated rings. The van der Waals surface area contributed by atoms with Crippen molar-refractivity contribution in [1.82, 2.24) is 0 Å². The average molecular weight is 295 g/mol. The largest absolute Gasteiger partial charge is 0.465 e. The normalized spacial score (nSPS) is 9.77. The first-order valence-electron chi connectivity index (χ1n) is 3.39. The molecule has 2 N–H and O–H groups in total. The number of nitrogens with two attached hydrogens (primary N) is 1. The third kappa shape index (κ3) is 2.09. The van der Waals surface area contributed by atoms with E-state index in [-0.39, 0.29) is 11.3 Å². The fourth-order valence-corrected chi connectivity index (χ4v) is 1.48. The third-order valence-electron chi connectivity index (χ3n) is 1.49. The number of anilines is 1. The molecule has 0 aromatic heterocycles. The van der Waals surface area contributed by atoms with Crippen molar-refractivity contribution in [2.75, 3.05) is 12.8 Å². The highest BCUT2D eigenvalue weighted by Crippen LogP contribution is 2.20. The Kier molecular flexibility index (Phi) is 3.07. The molecule has 1 aromatic rings. The first-order chi connectivity index (χ1) is 6.06. The van der Waals surface area contributed by atoms with E-state index in [2.05, 4.69) is 4.74 Å². The SMILES string of the molecule is COC(=O)c1cc(N)c(F)cc1I. The number of carbonyl (C=O) groups excluding carboxylic acids is 1. The van der Waals surface area contributed by atoms with Gasteiger partial charge in [0.1, 0.15) is 5.82 Å². The van der Waals surface area contributed by atoms with Crippen LogP contribution >= 0.6 is 22.6 Å². The monoisotopic (exact) mass is 295 g/mol. The Morgan fingerprint density at radius 3 is 2.77 bits per heavy atom. The number of esters is 1. The van der Waals surface area contributed by atoms with Crippen molar-refractivity contribution in [3.8, 4) is 0 Å². The van der Waals surface area contributed by atoms with Gasteiger partial charge in [0.25, 0.3) is 0 Å². The predicted molar refractivity (Wildman–Crippen MR) is 54.9 cm³/mol. The molecule has 0 unspecified atom stereocenters. The lowest BCUT2D eigenvalue weighted by Gasteiger charge is -2.04. The topological polar surface area (TPSA) is 52.3 Å². The van der Waals surface area contributed by atoms with E-state index in [0.29, 0.717) is 3.57 Å². The third-order valence-corrected chi connectivity index (χ3v) is 2.38. The minimum atomic E-state index is -0.531. The van der Waals surface area contributed by atoms with E-state index in [0.717, 1.165) is 0 Å². The van der Waals surface area contributed by atoms with Crippen molar-refractivity contribution >= 4 is 34.2 Å². The molecule has 0 radical (unpaired) electrons. The minimum Gasteiger partial charge on any atom is -0.465 e. The number of hydrogen-bond acceptors (Lipinski definition) is 3. The summed E-state index contributed by atoms with van der Waals surface area (Å²) >= 11 is 1.84. The van der Waals surface area contributed by atoms with E-state index in [1.165, 1.54) is 19.2 Å². The highest BCUT2D eigenvalue weighted by Gasteiger charge is 2.12. The van der Waals surface area contributed by atoms with Crippen molar-refractivity contribution in [1.29, 1.82) is 0 Å². The van der Waals surface area contributed by atoms with E-state index < -0.39 is 11.8 Å². The van der Waals surface area contributed by atoms with Crippen molar-refractivity contribution in [2.45, 2.75) is 0 Å². The molecule has 0 aliphatic rings. The van der Waals surface area contributed by atoms with Gasteiger partial charge in [-0.25, -0.2) is 9.18 Å². The molecule has 0 saturated carbocycles. The van der Waals surface area contributed by atoms with Crippen LogP contribution in [0.25, 0.3) is 0 Å². The Morgan fingerprint density at radius 1 is 1.62 bits per heavy atom. The molecule has 0 amide bonds. The molecule has 13 heavy (non-hydrogen) atoms. The molecular formula is C8H7FINO2. The second-order valence-corrected chi connectivity index (χ2v) is 3.51. The second kappa shape index (κ2) is 3.91. The molecule has 0 aliphatic carbocycles. The Balaban J connectivity index is 3.23. The lowest BCUT2D eigenvalue weighted by Crippen LogP contribution is -2.06. The molecule has 70 valence electrons. The Hall–Kier alpha value is -0.850. The maximum absolute atomic E-state index is 12.8. The van der Waals surface area contributed by atoms with Crippen molar-refractivity contribution < 1.29 is 13.9 Å². The van der Waals surface area contributed by atoms with Crippen LogP contribution in [0.15, 0.2) is 12.1 Å². The van der Waals surface area contributed by atoms with Gasteiger partial charge in [-0.1, -0.05) is 0 Å². The molecule has 0 bridgehead atoms. The number of carbonyl (C=O) groups is 1. The molecular weight excluding hydrogens is 288 g/mol. The summed E-state index contributed by atoms with van der Waals surface area (Å²) in [5, 5.41) is 0. The van der Waals surface area contributed by atoms with Crippen LogP contribution < -0.4 is 5.73 Å². The molecule has 3 nitrogen and oxygen atoms in total. The lowest BCUT2D eigenvalue weighted by molar-refractivity contribution is 0.0599. The summed E-state index contributed by atoms with van der Waals surface area (Å²) in [6, 6.07) is 2.46. The van der Waals surface area contributed by atoms with Crippen LogP contribution in [0.3, 0.4) is 0 Å². The van der Waals surface area contributed by atoms with Crippen LogP contribution in [0.1, 0.15) is 10.4 Å². The van der Waals surface area contributed by atoms with Gasteiger partial charge in [-0.2, -0.15) is 0 Å². The fourth-order valence-electron chi connectivity index (χ4n) is 0.832. The summed E-state index contributed by atoms with van der Waals surface area (Å²) in [6.07, 6.45) is 0. The van der Waals surface area contributed by atoms with Crippen molar-refractivity contribution in [3.63, 3.8) is 0 Å². The van der Waals surface area contributed by atoms with E-state index in [1.807, 2.05) is 22.6 Å². The summed E-state index contributed by atoms with van der Waals surface area (Å²) in [4.78, 5) is 11.1. The molecule has 0 spiro atoms. The standard InChI is InChI=1S/C8H7FINO2/c1-13-8(12)4-2-7(11)5(9)3-6(4)10/h2-3H,11H2,1H3. The van der Waals surface area contributed by atoms with Gasteiger partial charge in [-0.05, 0) is 34.7 Å². The van der Waals surface area contributed by atoms with Crippen LogP contribution in [-0.4, -0.2) is 13.1 Å². The molecule has 0 heterocycles. The molecule has 1 rings (SSSR count). The predicted octanol–water partition coefficient (Wildman–Crippen LogP) is 1.80. The highest BCUT2D eigenvalue weighted by molar-refractivity contribution is 14.1. The summed E-state index contributed by atoms with van der Waals surface area (Å²) in [6.45, 7) is 0. The molecule has 1 aromatic carbocycles. The number of hydrogen-bond donors (Lipinski definition) is 1. The van der Waals surface area contributed by atoms with E-state index in [1.54, 1.807) is 0 Å². The lowest BCUT2D eigenvalue weighted by atomic mass is 10.2. The molecule has 0 aliphatic heterocycles. The summed E-state index contributed by atoms with van der Waals surface area (Å²) in [7, 11) is 1.26. The smallest absolute Gasteiger partial charge is 0.339 e. The van der Waals surface area contributed by atoms with E-state index in [4.69, 9.17) is 5.73 Å². The summed E-state index contributed by atoms with van der Waals surface area (Å²) in [5.41, 5.74) is 5.52. The molecule has 5 heteroatoms. The van der Waals surface area contributed by atoms with Gasteiger partial charge >= 0.3 is 5.97 Å². The van der Waals surface area contributed by atoms with E-state index >= 15 is 0 Å². The molecule has 0 atom stereocenters. The summed E-state index contributed by atoms with van der Waals surface area (Å²) < 4.78 is 17.8. The number of halogens is 2. The number of benzene rings is 1. The highest BCUT2D eigenvalue weighted by atomic mass is 127. The summed E-state index contributed by atoms with van der Waals surface area (Å²) in [5.74, 6) is -1.05. The van der Waals surface area contributed by atoms with Gasteiger partial charge in [0.2, 0.25) is 0 Å². The van der Waals surface area contributed by atoms with Gasteiger partial charge in [-0.3, -0.25) is 0 Å². The Labute approximate surface area is 88.2 Å². The average Bonchev–Trinajstić information content (AvgIpc) is 2.10. The van der Waals surface area contributed by atoms with Gasteiger partial charge in [-0.15, -0.1) is 0 Å². The maximum Gasteiger partial charge on any atom is 0.339 e. The first-order valence-corrected chi connectivity index (χ1v) is 4.47. The zero-order chi connectivity index (χ0) is 10.0. The minimum absolute atomic E-state index is 0.0548. The molecule has 0 saturated heterocycles. The van der Waals surface area contributed by atoms with E-state index in [9.17, 15) is 9.18 Å². The quantitative estimate of drug-likeness (QED) is 0.488. The van der Waals surface area contributed by atoms with Crippen molar-refractivity contribution in [2.24, 2.45) is 0 Å². The number of nitrogen functional groups attached to an aromatic ring is 1. The van der Waals surface area contributed by atoms with Crippen LogP contribution in [-0.2, 0) is 4.74 Å². The van der Waals surface area contributed by atoms with Crippen LogP contribution in [0.2, 0.25) is 0 Å². The number of ether oxygens (including phenoxy) is 1. The maximum atomic E-state index is 12.8. The number of rotatable bonds is 1. The van der Waals surface area contributed by atoms with Gasteiger partial charge in [0.15, 0.2) is 0 Å². The second-order valence-electron chi connectivity index (χ2n) is 2.35. The van der Waals surface area contributed by atoms with Gasteiger partial charge in [0.05, 0.1) is 18.4 Å². The Bertz CT molecular complexity index is 354. The van der Waals surface area contributed by atoms with Crippen LogP contribution in [0, 0.1) is 9.39 Å². The van der Waals surface area contributed by atoms with Crippen LogP contribution in [0.4, 0.5) is 10.1 Å². The first kappa shape index (κ1) is 10.2. The van der Waals surface area contributed by atoms with Gasteiger partial charge < -0.3 is 10.5 Å². The van der Waals surface area contributed by atoms with Crippen LogP contribution in [0.5, 0.6) is 0 Å². The zero-order valence-electron chi connectivity index (χ0n) is 6.80. The Morgan fingerprint density at radius 2 is 2.23 bits per heavy atom. The van der Waals surface area contributed by atoms with Gasteiger partial charge in [0, 0.05) is 3.57 Å². The van der Waals surface area contributed by atoms with Crippen molar-refractivity contribution in [3.05, 3.63) is 27.1 Å².